The number of nitrogens with one attached hydrogen (secondary N) is 1. The number of hydrogen-bond acceptors (Lipinski definition) is 6. The van der Waals surface area contributed by atoms with Crippen LogP contribution < -0.4 is 5.32 Å². The summed E-state index contributed by atoms with van der Waals surface area (Å²) in [6.07, 6.45) is 3.09. The fourth-order valence-corrected chi connectivity index (χ4v) is 3.29. The normalized spacial score (nSPS) is 11.9. The maximum atomic E-state index is 15.0. The lowest BCUT2D eigenvalue weighted by Crippen LogP contribution is -2.18. The maximum Gasteiger partial charge on any atom is 0.258 e. The van der Waals surface area contributed by atoms with Gasteiger partial charge in [0.15, 0.2) is 5.82 Å². The van der Waals surface area contributed by atoms with Crippen molar-refractivity contribution in [3.63, 3.8) is 0 Å². The van der Waals surface area contributed by atoms with Crippen LogP contribution in [0, 0.1) is 11.6 Å². The number of anilines is 1. The van der Waals surface area contributed by atoms with E-state index in [1.54, 1.807) is 49.0 Å². The van der Waals surface area contributed by atoms with Gasteiger partial charge in [0.2, 0.25) is 5.95 Å². The number of aromatic nitrogens is 6. The van der Waals surface area contributed by atoms with Gasteiger partial charge in [0.05, 0.1) is 36.0 Å². The van der Waals surface area contributed by atoms with Crippen LogP contribution in [0.2, 0.25) is 0 Å². The number of aryl methyl sites for hydroxylation is 1. The summed E-state index contributed by atoms with van der Waals surface area (Å²) >= 11 is 0. The van der Waals surface area contributed by atoms with Gasteiger partial charge in [-0.2, -0.15) is 0 Å². The van der Waals surface area contributed by atoms with E-state index in [9.17, 15) is 9.18 Å². The zero-order chi connectivity index (χ0) is 23.4. The molecule has 1 aromatic carbocycles. The molecule has 0 aliphatic rings. The van der Waals surface area contributed by atoms with Crippen molar-refractivity contribution in [1.82, 2.24) is 29.9 Å². The number of carbonyl (C=O) groups excluding carboxylic acids is 1. The number of hydrogen-bond donors (Lipinski definition) is 1. The van der Waals surface area contributed by atoms with E-state index in [-0.39, 0.29) is 29.8 Å². The Morgan fingerprint density at radius 1 is 1.09 bits per heavy atom. The fraction of sp³-hybridized carbons (Fsp3) is 0.217. The van der Waals surface area contributed by atoms with E-state index in [0.29, 0.717) is 23.4 Å². The Morgan fingerprint density at radius 2 is 1.88 bits per heavy atom. The van der Waals surface area contributed by atoms with Gasteiger partial charge in [0.25, 0.3) is 5.91 Å². The molecule has 3 aromatic heterocycles. The third kappa shape index (κ3) is 5.05. The highest BCUT2D eigenvalue weighted by Gasteiger charge is 2.21. The molecule has 0 bridgehead atoms. The number of halogens is 2. The zero-order valence-electron chi connectivity index (χ0n) is 18.0. The second-order valence-electron chi connectivity index (χ2n) is 7.46. The van der Waals surface area contributed by atoms with Crippen LogP contribution in [-0.4, -0.2) is 35.9 Å². The van der Waals surface area contributed by atoms with Crippen LogP contribution in [0.3, 0.4) is 0 Å². The van der Waals surface area contributed by atoms with Crippen molar-refractivity contribution in [3.05, 3.63) is 83.4 Å². The van der Waals surface area contributed by atoms with Crippen molar-refractivity contribution < 1.29 is 13.6 Å². The molecule has 0 radical (unpaired) electrons. The minimum Gasteiger partial charge on any atom is -0.290 e. The van der Waals surface area contributed by atoms with Crippen LogP contribution >= 0.6 is 0 Å². The molecule has 168 valence electrons. The molecule has 4 rings (SSSR count). The average molecular weight is 449 g/mol. The molecule has 1 atom stereocenters. The standard InChI is InChI=1S/C23H21F2N7O/c1-3-17-20(25)21(28-23(27-17)29-22(33)15-7-5-4-6-8-15)14(2)12-32-13-19(30-31-32)18-10-9-16(24)11-26-18/h4-11,13-14H,3,12H2,1-2H3,(H,27,28,29,33)/t14-/m0/s1. The second-order valence-corrected chi connectivity index (χ2v) is 7.46. The van der Waals surface area contributed by atoms with Crippen LogP contribution in [0.5, 0.6) is 0 Å². The predicted molar refractivity (Wildman–Crippen MR) is 117 cm³/mol. The minimum atomic E-state index is -0.511. The number of benzene rings is 1. The van der Waals surface area contributed by atoms with Crippen LogP contribution in [0.15, 0.2) is 54.9 Å². The van der Waals surface area contributed by atoms with E-state index in [0.717, 1.165) is 6.20 Å². The third-order valence-corrected chi connectivity index (χ3v) is 5.00. The first-order valence-electron chi connectivity index (χ1n) is 10.4. The first-order valence-corrected chi connectivity index (χ1v) is 10.4. The maximum absolute atomic E-state index is 15.0. The van der Waals surface area contributed by atoms with Crippen LogP contribution in [0.25, 0.3) is 11.4 Å². The Labute approximate surface area is 188 Å². The molecule has 4 aromatic rings. The summed E-state index contributed by atoms with van der Waals surface area (Å²) in [5, 5.41) is 10.8. The van der Waals surface area contributed by atoms with Gasteiger partial charge in [-0.05, 0) is 30.7 Å². The summed E-state index contributed by atoms with van der Waals surface area (Å²) in [5.74, 6) is -1.69. The minimum absolute atomic E-state index is 0.0405. The highest BCUT2D eigenvalue weighted by molar-refractivity contribution is 6.03. The number of nitrogens with zero attached hydrogens (tertiary/aromatic N) is 6. The monoisotopic (exact) mass is 449 g/mol. The molecular formula is C23H21F2N7O. The van der Waals surface area contributed by atoms with Crippen molar-refractivity contribution in [3.8, 4) is 11.4 Å². The van der Waals surface area contributed by atoms with Gasteiger partial charge in [0.1, 0.15) is 11.5 Å². The predicted octanol–water partition coefficient (Wildman–Crippen LogP) is 4.03. The zero-order valence-corrected chi connectivity index (χ0v) is 18.0. The van der Waals surface area contributed by atoms with Crippen molar-refractivity contribution in [1.29, 1.82) is 0 Å². The van der Waals surface area contributed by atoms with Gasteiger partial charge in [0, 0.05) is 11.5 Å². The van der Waals surface area contributed by atoms with Gasteiger partial charge in [-0.25, -0.2) is 18.7 Å². The number of pyridine rings is 1. The molecule has 0 spiro atoms. The van der Waals surface area contributed by atoms with Crippen molar-refractivity contribution in [2.75, 3.05) is 5.32 Å². The Morgan fingerprint density at radius 3 is 2.58 bits per heavy atom. The van der Waals surface area contributed by atoms with E-state index in [1.165, 1.54) is 12.1 Å². The van der Waals surface area contributed by atoms with E-state index < -0.39 is 17.6 Å². The van der Waals surface area contributed by atoms with Crippen molar-refractivity contribution in [2.45, 2.75) is 32.7 Å². The number of rotatable bonds is 7. The lowest BCUT2D eigenvalue weighted by molar-refractivity contribution is 0.102. The molecule has 0 saturated carbocycles. The second kappa shape index (κ2) is 9.60. The van der Waals surface area contributed by atoms with E-state index in [1.807, 2.05) is 6.07 Å². The third-order valence-electron chi connectivity index (χ3n) is 5.00. The topological polar surface area (TPSA) is 98.5 Å². The van der Waals surface area contributed by atoms with Gasteiger partial charge < -0.3 is 0 Å². The van der Waals surface area contributed by atoms with Crippen molar-refractivity contribution in [2.24, 2.45) is 0 Å². The molecule has 3 heterocycles. The summed E-state index contributed by atoms with van der Waals surface area (Å²) in [7, 11) is 0. The summed E-state index contributed by atoms with van der Waals surface area (Å²) in [5.41, 5.74) is 1.77. The molecule has 0 aliphatic carbocycles. The highest BCUT2D eigenvalue weighted by atomic mass is 19.1. The highest BCUT2D eigenvalue weighted by Crippen LogP contribution is 2.23. The lowest BCUT2D eigenvalue weighted by Gasteiger charge is -2.15. The summed E-state index contributed by atoms with van der Waals surface area (Å²) in [6.45, 7) is 3.85. The largest absolute Gasteiger partial charge is 0.290 e. The Bertz CT molecular complexity index is 1260. The summed E-state index contributed by atoms with van der Waals surface area (Å²) < 4.78 is 29.7. The first-order chi connectivity index (χ1) is 15.9. The quantitative estimate of drug-likeness (QED) is 0.458. The fourth-order valence-electron chi connectivity index (χ4n) is 3.29. The SMILES string of the molecule is CCc1nc(NC(=O)c2ccccc2)nc([C@@H](C)Cn2cc(-c3ccc(F)cn3)nn2)c1F. The number of amides is 1. The molecule has 1 amide bonds. The van der Waals surface area contributed by atoms with Gasteiger partial charge in [-0.1, -0.05) is 37.3 Å². The molecule has 0 aliphatic heterocycles. The van der Waals surface area contributed by atoms with E-state index in [2.05, 4.69) is 30.6 Å². The van der Waals surface area contributed by atoms with E-state index >= 15 is 4.39 Å². The summed E-state index contributed by atoms with van der Waals surface area (Å²) in [4.78, 5) is 24.9. The molecule has 1 N–H and O–H groups in total. The van der Waals surface area contributed by atoms with E-state index in [4.69, 9.17) is 0 Å². The molecule has 0 fully saturated rings. The number of carbonyl (C=O) groups is 1. The van der Waals surface area contributed by atoms with Crippen molar-refractivity contribution >= 4 is 11.9 Å². The van der Waals surface area contributed by atoms with Gasteiger partial charge in [-0.3, -0.25) is 19.8 Å². The smallest absolute Gasteiger partial charge is 0.258 e. The molecule has 8 nitrogen and oxygen atoms in total. The molecule has 0 unspecified atom stereocenters. The van der Waals surface area contributed by atoms with Crippen LogP contribution in [0.4, 0.5) is 14.7 Å². The molecule has 0 saturated heterocycles. The molecule has 10 heteroatoms. The Balaban J connectivity index is 1.55. The lowest BCUT2D eigenvalue weighted by atomic mass is 10.1. The average Bonchev–Trinajstić information content (AvgIpc) is 3.29. The summed E-state index contributed by atoms with van der Waals surface area (Å²) in [6, 6.07) is 11.4. The molecular weight excluding hydrogens is 428 g/mol. The van der Waals surface area contributed by atoms with Crippen LogP contribution in [-0.2, 0) is 13.0 Å². The van der Waals surface area contributed by atoms with Gasteiger partial charge >= 0.3 is 0 Å². The molecule has 33 heavy (non-hydrogen) atoms. The van der Waals surface area contributed by atoms with Crippen LogP contribution in [0.1, 0.15) is 41.5 Å². The Hall–Kier alpha value is -4.08. The Kier molecular flexibility index (Phi) is 6.43. The van der Waals surface area contributed by atoms with Gasteiger partial charge in [-0.15, -0.1) is 5.10 Å². The first kappa shape index (κ1) is 22.1.